The highest BCUT2D eigenvalue weighted by molar-refractivity contribution is 5.95. The van der Waals surface area contributed by atoms with Crippen molar-refractivity contribution in [3.8, 4) is 5.69 Å². The molecule has 1 aliphatic heterocycles. The zero-order valence-electron chi connectivity index (χ0n) is 11.8. The van der Waals surface area contributed by atoms with Crippen LogP contribution in [0, 0.1) is 12.7 Å². The Morgan fingerprint density at radius 2 is 2.10 bits per heavy atom. The molecule has 3 rings (SSSR count). The number of amides is 1. The molecule has 0 bridgehead atoms. The summed E-state index contributed by atoms with van der Waals surface area (Å²) in [6.07, 6.45) is 1.56. The van der Waals surface area contributed by atoms with E-state index in [1.807, 2.05) is 11.8 Å². The van der Waals surface area contributed by atoms with Gasteiger partial charge in [-0.05, 0) is 25.1 Å². The third kappa shape index (κ3) is 2.67. The molecule has 1 aromatic heterocycles. The zero-order valence-corrected chi connectivity index (χ0v) is 11.8. The first kappa shape index (κ1) is 13.8. The predicted octanol–water partition coefficient (Wildman–Crippen LogP) is 1.37. The van der Waals surface area contributed by atoms with Gasteiger partial charge in [0.25, 0.3) is 5.91 Å². The van der Waals surface area contributed by atoms with E-state index >= 15 is 0 Å². The first-order chi connectivity index (χ1) is 10.2. The van der Waals surface area contributed by atoms with E-state index < -0.39 is 0 Å². The highest BCUT2D eigenvalue weighted by Gasteiger charge is 2.22. The highest BCUT2D eigenvalue weighted by atomic mass is 19.1. The first-order valence-corrected chi connectivity index (χ1v) is 6.97. The van der Waals surface area contributed by atoms with Gasteiger partial charge in [0.1, 0.15) is 5.82 Å². The Balaban J connectivity index is 1.90. The fourth-order valence-corrected chi connectivity index (χ4v) is 2.53. The Hall–Kier alpha value is -2.21. The number of nitrogens with one attached hydrogen (secondary N) is 1. The number of halogens is 1. The van der Waals surface area contributed by atoms with Crippen molar-refractivity contribution < 1.29 is 9.18 Å². The minimum Gasteiger partial charge on any atom is -0.336 e. The van der Waals surface area contributed by atoms with Crippen LogP contribution in [0.2, 0.25) is 0 Å². The molecule has 1 amide bonds. The standard InChI is InChI=1S/C15H17FN4O/c1-11-14(15(21)19-7-5-17-6-8-19)10-18-20(11)13-4-2-3-12(16)9-13/h2-4,9-10,17H,5-8H2,1H3. The van der Waals surface area contributed by atoms with E-state index in [0.717, 1.165) is 18.8 Å². The van der Waals surface area contributed by atoms with Crippen molar-refractivity contribution in [3.05, 3.63) is 47.5 Å². The Labute approximate surface area is 122 Å². The monoisotopic (exact) mass is 288 g/mol. The summed E-state index contributed by atoms with van der Waals surface area (Å²) in [4.78, 5) is 14.3. The minimum atomic E-state index is -0.322. The topological polar surface area (TPSA) is 50.2 Å². The van der Waals surface area contributed by atoms with Crippen LogP contribution in [-0.2, 0) is 0 Å². The number of piperazine rings is 1. The van der Waals surface area contributed by atoms with Gasteiger partial charge in [-0.15, -0.1) is 0 Å². The third-order valence-corrected chi connectivity index (χ3v) is 3.70. The Bertz CT molecular complexity index is 661. The van der Waals surface area contributed by atoms with Crippen LogP contribution >= 0.6 is 0 Å². The van der Waals surface area contributed by atoms with Crippen LogP contribution < -0.4 is 5.32 Å². The maximum atomic E-state index is 13.3. The summed E-state index contributed by atoms with van der Waals surface area (Å²) in [5.41, 5.74) is 1.91. The van der Waals surface area contributed by atoms with Gasteiger partial charge in [0.2, 0.25) is 0 Å². The first-order valence-electron chi connectivity index (χ1n) is 6.97. The molecule has 1 fully saturated rings. The second-order valence-corrected chi connectivity index (χ2v) is 5.08. The van der Waals surface area contributed by atoms with Crippen LogP contribution in [0.25, 0.3) is 5.69 Å². The van der Waals surface area contributed by atoms with Crippen LogP contribution in [0.4, 0.5) is 4.39 Å². The molecule has 0 unspecified atom stereocenters. The second-order valence-electron chi connectivity index (χ2n) is 5.08. The summed E-state index contributed by atoms with van der Waals surface area (Å²) in [6.45, 7) is 4.84. The lowest BCUT2D eigenvalue weighted by Crippen LogP contribution is -2.46. The molecule has 21 heavy (non-hydrogen) atoms. The van der Waals surface area contributed by atoms with Gasteiger partial charge in [-0.1, -0.05) is 6.07 Å². The van der Waals surface area contributed by atoms with Crippen LogP contribution in [-0.4, -0.2) is 46.8 Å². The van der Waals surface area contributed by atoms with E-state index in [1.54, 1.807) is 23.0 Å². The number of rotatable bonds is 2. The molecule has 1 N–H and O–H groups in total. The van der Waals surface area contributed by atoms with Gasteiger partial charge in [-0.2, -0.15) is 5.10 Å². The molecule has 1 saturated heterocycles. The molecule has 0 saturated carbocycles. The fourth-order valence-electron chi connectivity index (χ4n) is 2.53. The van der Waals surface area contributed by atoms with Crippen LogP contribution in [0.3, 0.4) is 0 Å². The summed E-state index contributed by atoms with van der Waals surface area (Å²) in [6, 6.07) is 6.18. The number of carbonyl (C=O) groups excluding carboxylic acids is 1. The number of hydrogen-bond donors (Lipinski definition) is 1. The lowest BCUT2D eigenvalue weighted by atomic mass is 10.2. The van der Waals surface area contributed by atoms with Gasteiger partial charge in [0, 0.05) is 26.2 Å². The van der Waals surface area contributed by atoms with Crippen molar-refractivity contribution >= 4 is 5.91 Å². The molecule has 110 valence electrons. The summed E-state index contributed by atoms with van der Waals surface area (Å²) in [5, 5.41) is 7.45. The molecule has 0 radical (unpaired) electrons. The van der Waals surface area contributed by atoms with Gasteiger partial charge >= 0.3 is 0 Å². The van der Waals surface area contributed by atoms with Gasteiger partial charge in [0.05, 0.1) is 23.1 Å². The number of nitrogens with zero attached hydrogens (tertiary/aromatic N) is 3. The van der Waals surface area contributed by atoms with Crippen LogP contribution in [0.15, 0.2) is 30.5 Å². The Morgan fingerprint density at radius 3 is 2.81 bits per heavy atom. The molecule has 0 spiro atoms. The number of carbonyl (C=O) groups is 1. The molecular formula is C15H17FN4O. The van der Waals surface area contributed by atoms with Crippen molar-refractivity contribution in [2.75, 3.05) is 26.2 Å². The van der Waals surface area contributed by atoms with Crippen molar-refractivity contribution in [2.45, 2.75) is 6.92 Å². The molecule has 0 atom stereocenters. The lowest BCUT2D eigenvalue weighted by Gasteiger charge is -2.27. The van der Waals surface area contributed by atoms with Gasteiger partial charge < -0.3 is 10.2 Å². The molecule has 2 heterocycles. The molecule has 0 aliphatic carbocycles. The number of benzene rings is 1. The lowest BCUT2D eigenvalue weighted by molar-refractivity contribution is 0.0735. The SMILES string of the molecule is Cc1c(C(=O)N2CCNCC2)cnn1-c1cccc(F)c1. The molecular weight excluding hydrogens is 271 g/mol. The number of hydrogen-bond acceptors (Lipinski definition) is 3. The summed E-state index contributed by atoms with van der Waals surface area (Å²) in [7, 11) is 0. The average Bonchev–Trinajstić information content (AvgIpc) is 2.89. The maximum Gasteiger partial charge on any atom is 0.257 e. The number of aromatic nitrogens is 2. The van der Waals surface area contributed by atoms with Gasteiger partial charge in [0.15, 0.2) is 0 Å². The Morgan fingerprint density at radius 1 is 1.33 bits per heavy atom. The fraction of sp³-hybridized carbons (Fsp3) is 0.333. The Kier molecular flexibility index (Phi) is 3.70. The van der Waals surface area contributed by atoms with Gasteiger partial charge in [-0.3, -0.25) is 4.79 Å². The smallest absolute Gasteiger partial charge is 0.257 e. The van der Waals surface area contributed by atoms with E-state index in [0.29, 0.717) is 24.3 Å². The van der Waals surface area contributed by atoms with E-state index in [4.69, 9.17) is 0 Å². The van der Waals surface area contributed by atoms with Gasteiger partial charge in [-0.25, -0.2) is 9.07 Å². The maximum absolute atomic E-state index is 13.3. The summed E-state index contributed by atoms with van der Waals surface area (Å²) < 4.78 is 14.9. The molecule has 1 aromatic carbocycles. The highest BCUT2D eigenvalue weighted by Crippen LogP contribution is 2.17. The average molecular weight is 288 g/mol. The van der Waals surface area contributed by atoms with E-state index in [9.17, 15) is 9.18 Å². The van der Waals surface area contributed by atoms with E-state index in [1.165, 1.54) is 12.1 Å². The molecule has 2 aromatic rings. The molecule has 6 heteroatoms. The van der Waals surface area contributed by atoms with Crippen LogP contribution in [0.5, 0.6) is 0 Å². The van der Waals surface area contributed by atoms with Crippen LogP contribution in [0.1, 0.15) is 16.1 Å². The summed E-state index contributed by atoms with van der Waals surface area (Å²) in [5.74, 6) is -0.339. The van der Waals surface area contributed by atoms with Crippen molar-refractivity contribution in [2.24, 2.45) is 0 Å². The third-order valence-electron chi connectivity index (χ3n) is 3.70. The van der Waals surface area contributed by atoms with Crippen molar-refractivity contribution in [1.82, 2.24) is 20.0 Å². The van der Waals surface area contributed by atoms with Crippen molar-refractivity contribution in [1.29, 1.82) is 0 Å². The summed E-state index contributed by atoms with van der Waals surface area (Å²) >= 11 is 0. The molecule has 1 aliphatic rings. The minimum absolute atomic E-state index is 0.0170. The zero-order chi connectivity index (χ0) is 14.8. The second kappa shape index (κ2) is 5.65. The largest absolute Gasteiger partial charge is 0.336 e. The normalized spacial score (nSPS) is 15.2. The van der Waals surface area contributed by atoms with E-state index in [-0.39, 0.29) is 11.7 Å². The van der Waals surface area contributed by atoms with E-state index in [2.05, 4.69) is 10.4 Å². The quantitative estimate of drug-likeness (QED) is 0.908. The molecule has 5 nitrogen and oxygen atoms in total. The predicted molar refractivity (Wildman–Crippen MR) is 77.0 cm³/mol. The van der Waals surface area contributed by atoms with Crippen molar-refractivity contribution in [3.63, 3.8) is 0 Å².